The molecule has 0 amide bonds. The van der Waals surface area contributed by atoms with E-state index in [2.05, 4.69) is 12.8 Å². The van der Waals surface area contributed by atoms with Crippen LogP contribution in [0, 0.1) is 0 Å². The van der Waals surface area contributed by atoms with Gasteiger partial charge in [0.15, 0.2) is 7.98 Å². The first-order valence-corrected chi connectivity index (χ1v) is 2.08. The van der Waals surface area contributed by atoms with Gasteiger partial charge in [0.1, 0.15) is 0 Å². The fourth-order valence-corrected chi connectivity index (χ4v) is 0.474. The van der Waals surface area contributed by atoms with E-state index in [1.54, 1.807) is 0 Å². The fraction of sp³-hybridized carbons (Fsp3) is 1.00. The summed E-state index contributed by atoms with van der Waals surface area (Å²) in [6.07, 6.45) is 1.41. The van der Waals surface area contributed by atoms with E-state index in [0.29, 0.717) is 0 Å². The van der Waals surface area contributed by atoms with Crippen molar-refractivity contribution in [3.8, 4) is 0 Å². The number of hydrogen-bond donors (Lipinski definition) is 0. The molecule has 2 heteroatoms. The van der Waals surface area contributed by atoms with Crippen LogP contribution in [0.1, 0.15) is 6.42 Å². The lowest BCUT2D eigenvalue weighted by molar-refractivity contribution is 0.328. The van der Waals surface area contributed by atoms with Gasteiger partial charge in [0, 0.05) is 0 Å². The molecule has 28 valence electrons. The molecule has 0 aromatic rings. The molecule has 0 aromatic heterocycles. The zero-order chi connectivity index (χ0) is 3.70. The minimum atomic E-state index is 1.32. The fourth-order valence-electron chi connectivity index (χ4n) is 0.474. The van der Waals surface area contributed by atoms with E-state index < -0.39 is 0 Å². The molecule has 0 aliphatic carbocycles. The van der Waals surface area contributed by atoms with Crippen molar-refractivity contribution in [2.75, 3.05) is 13.1 Å². The van der Waals surface area contributed by atoms with Crippen molar-refractivity contribution in [1.82, 2.24) is 4.81 Å². The molecule has 1 rings (SSSR count). The predicted octanol–water partition coefficient (Wildman–Crippen LogP) is -0.760. The molecular weight excluding hydrogens is 60.9 g/mol. The second-order valence-corrected chi connectivity index (χ2v) is 1.66. The topological polar surface area (TPSA) is 3.24 Å². The number of nitrogens with zero attached hydrogens (tertiary/aromatic N) is 1. The zero-order valence-electron chi connectivity index (χ0n) is 3.57. The molecule has 0 radical (unpaired) electrons. The van der Waals surface area contributed by atoms with Crippen molar-refractivity contribution in [3.05, 3.63) is 0 Å². The van der Waals surface area contributed by atoms with Crippen LogP contribution in [0.15, 0.2) is 0 Å². The number of rotatable bonds is 0. The molecule has 1 nitrogen and oxygen atoms in total. The quantitative estimate of drug-likeness (QED) is 0.338. The highest BCUT2D eigenvalue weighted by molar-refractivity contribution is 6.04. The maximum Gasteiger partial charge on any atom is 0.185 e. The minimum absolute atomic E-state index is 1.32. The summed E-state index contributed by atoms with van der Waals surface area (Å²) in [7, 11) is 2.14. The summed E-state index contributed by atoms with van der Waals surface area (Å²) in [4.78, 5) is 2.31. The van der Waals surface area contributed by atoms with Gasteiger partial charge in [-0.05, 0) is 19.5 Å². The summed E-state index contributed by atoms with van der Waals surface area (Å²) < 4.78 is 0. The van der Waals surface area contributed by atoms with Crippen LogP contribution in [-0.4, -0.2) is 25.9 Å². The van der Waals surface area contributed by atoms with Crippen molar-refractivity contribution in [2.45, 2.75) is 6.42 Å². The first-order chi connectivity index (χ1) is 2.39. The Kier molecular flexibility index (Phi) is 0.654. The highest BCUT2D eigenvalue weighted by atomic mass is 15.1. The second kappa shape index (κ2) is 1.01. The number of hydrogen-bond acceptors (Lipinski definition) is 1. The molecule has 1 heterocycles. The molecule has 0 aromatic carbocycles. The summed E-state index contributed by atoms with van der Waals surface area (Å²) in [5, 5.41) is 0. The highest BCUT2D eigenvalue weighted by Crippen LogP contribution is 1.97. The first-order valence-electron chi connectivity index (χ1n) is 2.08. The largest absolute Gasteiger partial charge is 0.349 e. The van der Waals surface area contributed by atoms with Gasteiger partial charge in [-0.15, -0.1) is 0 Å². The van der Waals surface area contributed by atoms with Crippen LogP contribution < -0.4 is 0 Å². The molecule has 0 bridgehead atoms. The van der Waals surface area contributed by atoms with Crippen molar-refractivity contribution in [1.29, 1.82) is 0 Å². The van der Waals surface area contributed by atoms with E-state index >= 15 is 0 Å². The molecule has 0 atom stereocenters. The lowest BCUT2D eigenvalue weighted by Gasteiger charge is -2.25. The van der Waals surface area contributed by atoms with Crippen molar-refractivity contribution >= 4 is 7.98 Å². The third-order valence-electron chi connectivity index (χ3n) is 1.08. The average molecular weight is 68.9 g/mol. The minimum Gasteiger partial charge on any atom is -0.349 e. The van der Waals surface area contributed by atoms with Gasteiger partial charge >= 0.3 is 0 Å². The van der Waals surface area contributed by atoms with Crippen LogP contribution in [0.4, 0.5) is 0 Å². The Morgan fingerprint density at radius 2 is 1.80 bits per heavy atom. The Morgan fingerprint density at radius 3 is 1.80 bits per heavy atom. The molecule has 0 N–H and O–H groups in total. The molecule has 1 aliphatic rings. The van der Waals surface area contributed by atoms with Crippen LogP contribution >= 0.6 is 0 Å². The molecule has 0 saturated carbocycles. The third-order valence-corrected chi connectivity index (χ3v) is 1.08. The van der Waals surface area contributed by atoms with Crippen LogP contribution in [-0.2, 0) is 0 Å². The summed E-state index contributed by atoms with van der Waals surface area (Å²) >= 11 is 0. The van der Waals surface area contributed by atoms with Gasteiger partial charge in [0.25, 0.3) is 0 Å². The smallest absolute Gasteiger partial charge is 0.185 e. The van der Waals surface area contributed by atoms with Crippen molar-refractivity contribution in [3.63, 3.8) is 0 Å². The van der Waals surface area contributed by atoms with Gasteiger partial charge in [-0.1, -0.05) is 0 Å². The Labute approximate surface area is 33.4 Å². The van der Waals surface area contributed by atoms with Gasteiger partial charge < -0.3 is 4.81 Å². The van der Waals surface area contributed by atoms with E-state index in [-0.39, 0.29) is 0 Å². The van der Waals surface area contributed by atoms with Gasteiger partial charge in [0.05, 0.1) is 0 Å². The summed E-state index contributed by atoms with van der Waals surface area (Å²) in [5.41, 5.74) is 0. The van der Waals surface area contributed by atoms with E-state index in [9.17, 15) is 0 Å². The lowest BCUT2D eigenvalue weighted by atomic mass is 10.1. The van der Waals surface area contributed by atoms with Gasteiger partial charge in [-0.3, -0.25) is 0 Å². The van der Waals surface area contributed by atoms with Gasteiger partial charge in [-0.2, -0.15) is 0 Å². The molecule has 1 fully saturated rings. The zero-order valence-corrected chi connectivity index (χ0v) is 3.57. The van der Waals surface area contributed by atoms with Gasteiger partial charge in [0.2, 0.25) is 0 Å². The second-order valence-electron chi connectivity index (χ2n) is 1.66. The monoisotopic (exact) mass is 69.1 g/mol. The average Bonchev–Trinajstić information content (AvgIpc) is 1.30. The van der Waals surface area contributed by atoms with Crippen LogP contribution in [0.3, 0.4) is 0 Å². The van der Waals surface area contributed by atoms with Crippen molar-refractivity contribution in [2.24, 2.45) is 0 Å². The Bertz CT molecular complexity index is 33.9. The van der Waals surface area contributed by atoms with Crippen LogP contribution in [0.25, 0.3) is 0 Å². The SMILES string of the molecule is BN1CCC1. The normalized spacial score (nSPS) is 25.6. The van der Waals surface area contributed by atoms with Crippen LogP contribution in [0.5, 0.6) is 0 Å². The molecule has 1 saturated heterocycles. The molecule has 0 spiro atoms. The maximum atomic E-state index is 2.31. The third kappa shape index (κ3) is 0.455. The van der Waals surface area contributed by atoms with E-state index in [0.717, 1.165) is 0 Å². The maximum absolute atomic E-state index is 2.31. The summed E-state index contributed by atoms with van der Waals surface area (Å²) in [6, 6.07) is 0. The molecule has 1 aliphatic heterocycles. The summed E-state index contributed by atoms with van der Waals surface area (Å²) in [6.45, 7) is 2.64. The van der Waals surface area contributed by atoms with Crippen LogP contribution in [0.2, 0.25) is 0 Å². The van der Waals surface area contributed by atoms with Gasteiger partial charge in [-0.25, -0.2) is 0 Å². The Morgan fingerprint density at radius 1 is 1.40 bits per heavy atom. The first kappa shape index (κ1) is 3.22. The predicted molar refractivity (Wildman–Crippen MR) is 24.7 cm³/mol. The molecular formula is C3H8BN. The molecule has 0 unspecified atom stereocenters. The Balaban J connectivity index is 2.08. The molecule has 5 heavy (non-hydrogen) atoms. The lowest BCUT2D eigenvalue weighted by Crippen LogP contribution is -2.34. The van der Waals surface area contributed by atoms with E-state index in [1.165, 1.54) is 19.5 Å². The van der Waals surface area contributed by atoms with E-state index in [1.807, 2.05) is 0 Å². The standard InChI is InChI=1S/C3H8BN/c4-5-2-1-3-5/h1-4H2. The highest BCUT2D eigenvalue weighted by Gasteiger charge is 2.04. The Hall–Kier alpha value is 0.0249. The van der Waals surface area contributed by atoms with E-state index in [4.69, 9.17) is 0 Å². The summed E-state index contributed by atoms with van der Waals surface area (Å²) in [5.74, 6) is 0. The van der Waals surface area contributed by atoms with Crippen molar-refractivity contribution < 1.29 is 0 Å².